The van der Waals surface area contributed by atoms with E-state index in [1.54, 1.807) is 19.9 Å². The van der Waals surface area contributed by atoms with E-state index in [-0.39, 0.29) is 22.5 Å². The van der Waals surface area contributed by atoms with Crippen LogP contribution in [0.2, 0.25) is 5.02 Å². The summed E-state index contributed by atoms with van der Waals surface area (Å²) in [6.45, 7) is 5.10. The molecule has 2 rings (SSSR count). The van der Waals surface area contributed by atoms with Crippen molar-refractivity contribution < 1.29 is 17.9 Å². The maximum Gasteiger partial charge on any atom is 0.244 e. The molecule has 0 aromatic heterocycles. The first kappa shape index (κ1) is 25.3. The van der Waals surface area contributed by atoms with Gasteiger partial charge in [0.2, 0.25) is 10.0 Å². The number of sulfonamides is 1. The van der Waals surface area contributed by atoms with E-state index in [0.717, 1.165) is 42.9 Å². The normalized spacial score (nSPS) is 11.6. The van der Waals surface area contributed by atoms with Crippen LogP contribution in [0.1, 0.15) is 49.0 Å². The molecule has 0 heterocycles. The third-order valence-electron chi connectivity index (χ3n) is 4.70. The van der Waals surface area contributed by atoms with Gasteiger partial charge in [0.05, 0.1) is 7.11 Å². The van der Waals surface area contributed by atoms with Crippen LogP contribution in [0.15, 0.2) is 47.4 Å². The first-order valence-electron chi connectivity index (χ1n) is 10.4. The van der Waals surface area contributed by atoms with E-state index in [1.165, 1.54) is 19.2 Å². The minimum atomic E-state index is -3.77. The monoisotopic (exact) mass is 466 g/mol. The Balaban J connectivity index is 1.83. The van der Waals surface area contributed by atoms with Gasteiger partial charge in [-0.05, 0) is 76.0 Å². The van der Waals surface area contributed by atoms with Gasteiger partial charge in [0, 0.05) is 23.0 Å². The average molecular weight is 467 g/mol. The zero-order chi connectivity index (χ0) is 22.9. The molecule has 2 N–H and O–H groups in total. The summed E-state index contributed by atoms with van der Waals surface area (Å²) in [5.41, 5.74) is 1.49. The summed E-state index contributed by atoms with van der Waals surface area (Å²) in [5, 5.41) is 4.14. The lowest BCUT2D eigenvalue weighted by molar-refractivity contribution is 0.0979. The Hall–Kier alpha value is -1.93. The molecule has 0 saturated heterocycles. The van der Waals surface area contributed by atoms with E-state index in [0.29, 0.717) is 12.0 Å². The van der Waals surface area contributed by atoms with Gasteiger partial charge in [-0.1, -0.05) is 29.8 Å². The molecule has 0 aliphatic carbocycles. The fourth-order valence-corrected chi connectivity index (χ4v) is 4.84. The van der Waals surface area contributed by atoms with E-state index in [9.17, 15) is 13.2 Å². The predicted octanol–water partition coefficient (Wildman–Crippen LogP) is 4.22. The quantitative estimate of drug-likeness (QED) is 0.341. The number of benzene rings is 2. The minimum absolute atomic E-state index is 0.0178. The van der Waals surface area contributed by atoms with Gasteiger partial charge in [-0.2, -0.15) is 0 Å². The minimum Gasteiger partial charge on any atom is -0.495 e. The van der Waals surface area contributed by atoms with Crippen LogP contribution in [0.25, 0.3) is 0 Å². The van der Waals surface area contributed by atoms with Crippen molar-refractivity contribution in [1.29, 1.82) is 0 Å². The van der Waals surface area contributed by atoms with Crippen LogP contribution in [0.5, 0.6) is 5.75 Å². The zero-order valence-electron chi connectivity index (χ0n) is 18.3. The number of carbonyl (C=O) groups is 1. The van der Waals surface area contributed by atoms with Crippen molar-refractivity contribution in [2.45, 2.75) is 50.5 Å². The van der Waals surface area contributed by atoms with Crippen LogP contribution >= 0.6 is 11.6 Å². The van der Waals surface area contributed by atoms with Crippen molar-refractivity contribution >= 4 is 27.4 Å². The van der Waals surface area contributed by atoms with Gasteiger partial charge in [-0.3, -0.25) is 4.79 Å². The Bertz CT molecular complexity index is 977. The topological polar surface area (TPSA) is 84.5 Å². The maximum atomic E-state index is 12.6. The van der Waals surface area contributed by atoms with Gasteiger partial charge in [-0.15, -0.1) is 0 Å². The largest absolute Gasteiger partial charge is 0.495 e. The SMILES string of the molecule is COc1ccc(C(=O)CCCCNCCc2ccccc2Cl)cc1S(=O)(=O)NC(C)C. The molecular formula is C23H31ClN2O4S. The number of carbonyl (C=O) groups excluding carboxylic acids is 1. The summed E-state index contributed by atoms with van der Waals surface area (Å²) in [7, 11) is -2.36. The maximum absolute atomic E-state index is 12.6. The molecule has 0 radical (unpaired) electrons. The van der Waals surface area contributed by atoms with Gasteiger partial charge in [-0.25, -0.2) is 13.1 Å². The van der Waals surface area contributed by atoms with Crippen LogP contribution < -0.4 is 14.8 Å². The first-order valence-corrected chi connectivity index (χ1v) is 12.3. The highest BCUT2D eigenvalue weighted by molar-refractivity contribution is 7.89. The lowest BCUT2D eigenvalue weighted by Crippen LogP contribution is -2.30. The first-order chi connectivity index (χ1) is 14.7. The second kappa shape index (κ2) is 12.2. The summed E-state index contributed by atoms with van der Waals surface area (Å²) in [6, 6.07) is 12.1. The number of rotatable bonds is 13. The van der Waals surface area contributed by atoms with E-state index in [2.05, 4.69) is 10.0 Å². The summed E-state index contributed by atoms with van der Waals surface area (Å²) < 4.78 is 32.8. The van der Waals surface area contributed by atoms with Crippen molar-refractivity contribution in [3.8, 4) is 5.75 Å². The summed E-state index contributed by atoms with van der Waals surface area (Å²) in [5.74, 6) is 0.132. The Labute approximate surface area is 190 Å². The third-order valence-corrected chi connectivity index (χ3v) is 6.75. The molecule has 170 valence electrons. The molecule has 0 aliphatic rings. The Morgan fingerprint density at radius 1 is 1.10 bits per heavy atom. The lowest BCUT2D eigenvalue weighted by Gasteiger charge is -2.14. The molecule has 0 unspecified atom stereocenters. The number of ether oxygens (including phenoxy) is 1. The van der Waals surface area contributed by atoms with E-state index in [1.807, 2.05) is 24.3 Å². The van der Waals surface area contributed by atoms with Gasteiger partial charge < -0.3 is 10.1 Å². The molecule has 0 bridgehead atoms. The molecular weight excluding hydrogens is 436 g/mol. The standard InChI is InChI=1S/C23H31ClN2O4S/c1-17(2)26-31(28,29)23-16-19(11-12-22(23)30-3)21(27)10-6-7-14-25-15-13-18-8-4-5-9-20(18)24/h4-5,8-9,11-12,16-17,25-26H,6-7,10,13-15H2,1-3H3. The molecule has 2 aromatic rings. The zero-order valence-corrected chi connectivity index (χ0v) is 19.9. The molecule has 8 heteroatoms. The summed E-state index contributed by atoms with van der Waals surface area (Å²) in [4.78, 5) is 12.5. The van der Waals surface area contributed by atoms with E-state index >= 15 is 0 Å². The van der Waals surface area contributed by atoms with Gasteiger partial charge in [0.1, 0.15) is 10.6 Å². The van der Waals surface area contributed by atoms with Gasteiger partial charge >= 0.3 is 0 Å². The second-order valence-corrected chi connectivity index (χ2v) is 9.70. The summed E-state index contributed by atoms with van der Waals surface area (Å²) >= 11 is 6.15. The molecule has 0 amide bonds. The van der Waals surface area contributed by atoms with Crippen LogP contribution in [-0.4, -0.2) is 40.4 Å². The summed E-state index contributed by atoms with van der Waals surface area (Å²) in [6.07, 6.45) is 2.78. The number of hydrogen-bond acceptors (Lipinski definition) is 5. The second-order valence-electron chi connectivity index (χ2n) is 7.61. The van der Waals surface area contributed by atoms with Gasteiger partial charge in [0.15, 0.2) is 5.78 Å². The highest BCUT2D eigenvalue weighted by Gasteiger charge is 2.22. The number of unbranched alkanes of at least 4 members (excludes halogenated alkanes) is 1. The number of Topliss-reactive ketones (excluding diaryl/α,β-unsaturated/α-hetero) is 1. The number of methoxy groups -OCH3 is 1. The fourth-order valence-electron chi connectivity index (χ4n) is 3.16. The molecule has 6 nitrogen and oxygen atoms in total. The number of ketones is 1. The predicted molar refractivity (Wildman–Crippen MR) is 125 cm³/mol. The van der Waals surface area contributed by atoms with E-state index in [4.69, 9.17) is 16.3 Å². The number of hydrogen-bond donors (Lipinski definition) is 2. The van der Waals surface area contributed by atoms with Crippen molar-refractivity contribution in [2.75, 3.05) is 20.2 Å². The van der Waals surface area contributed by atoms with Crippen LogP contribution in [0.4, 0.5) is 0 Å². The highest BCUT2D eigenvalue weighted by atomic mass is 35.5. The molecule has 2 aromatic carbocycles. The average Bonchev–Trinajstić information content (AvgIpc) is 2.72. The number of halogens is 1. The Kier molecular flexibility index (Phi) is 9.96. The van der Waals surface area contributed by atoms with Crippen molar-refractivity contribution in [3.63, 3.8) is 0 Å². The Morgan fingerprint density at radius 3 is 2.52 bits per heavy atom. The fraction of sp³-hybridized carbons (Fsp3) is 0.435. The lowest BCUT2D eigenvalue weighted by atomic mass is 10.1. The van der Waals surface area contributed by atoms with Crippen LogP contribution in [-0.2, 0) is 16.4 Å². The molecule has 31 heavy (non-hydrogen) atoms. The molecule has 0 aliphatic heterocycles. The smallest absolute Gasteiger partial charge is 0.244 e. The highest BCUT2D eigenvalue weighted by Crippen LogP contribution is 2.26. The van der Waals surface area contributed by atoms with Crippen molar-refractivity contribution in [1.82, 2.24) is 10.0 Å². The van der Waals surface area contributed by atoms with Crippen molar-refractivity contribution in [2.24, 2.45) is 0 Å². The third kappa shape index (κ3) is 7.92. The van der Waals surface area contributed by atoms with Crippen LogP contribution in [0, 0.1) is 0 Å². The van der Waals surface area contributed by atoms with Crippen LogP contribution in [0.3, 0.4) is 0 Å². The number of nitrogens with one attached hydrogen (secondary N) is 2. The van der Waals surface area contributed by atoms with E-state index < -0.39 is 10.0 Å². The van der Waals surface area contributed by atoms with Gasteiger partial charge in [0.25, 0.3) is 0 Å². The van der Waals surface area contributed by atoms with Crippen molar-refractivity contribution in [3.05, 3.63) is 58.6 Å². The molecule has 0 atom stereocenters. The molecule has 0 spiro atoms. The molecule has 0 fully saturated rings. The molecule has 0 saturated carbocycles. The Morgan fingerprint density at radius 2 is 1.84 bits per heavy atom.